The van der Waals surface area contributed by atoms with Gasteiger partial charge >= 0.3 is 0 Å². The van der Waals surface area contributed by atoms with E-state index in [2.05, 4.69) is 10.5 Å². The molecule has 2 aromatic carbocycles. The van der Waals surface area contributed by atoms with Gasteiger partial charge < -0.3 is 29.0 Å². The molecule has 1 aliphatic rings. The lowest BCUT2D eigenvalue weighted by Crippen LogP contribution is -2.38. The first kappa shape index (κ1) is 23.5. The summed E-state index contributed by atoms with van der Waals surface area (Å²) in [5.41, 5.74) is 1.53. The van der Waals surface area contributed by atoms with Crippen molar-refractivity contribution in [3.05, 3.63) is 53.8 Å². The summed E-state index contributed by atoms with van der Waals surface area (Å²) in [4.78, 5) is 28.5. The molecule has 2 amide bonds. The number of hydrogen-bond acceptors (Lipinski definition) is 8. The van der Waals surface area contributed by atoms with Gasteiger partial charge in [-0.3, -0.25) is 9.59 Å². The number of anilines is 2. The number of ether oxygens (including phenoxy) is 3. The number of rotatable bonds is 7. The average molecular weight is 484 g/mol. The fraction of sp³-hybridized carbons (Fsp3) is 0.292. The molecule has 178 valence electrons. The Hall–Kier alpha value is -3.66. The number of nitrogens with one attached hydrogen (secondary N) is 1. The van der Waals surface area contributed by atoms with Crippen LogP contribution in [0.25, 0.3) is 0 Å². The topological polar surface area (TPSA) is 103 Å². The SMILES string of the molecule is COc1cc([C@@H]2CC(=O)N(CC(=O)Nc3cc(C)on3)c3ccccc3S2)cc(OC)c1OC. The number of fused-ring (bicyclic) bond motifs is 1. The molecule has 0 radical (unpaired) electrons. The van der Waals surface area contributed by atoms with Crippen molar-refractivity contribution in [1.29, 1.82) is 0 Å². The van der Waals surface area contributed by atoms with Crippen LogP contribution in [0.2, 0.25) is 0 Å². The Labute approximate surface area is 201 Å². The highest BCUT2D eigenvalue weighted by Crippen LogP contribution is 2.49. The second kappa shape index (κ2) is 10.1. The van der Waals surface area contributed by atoms with Crippen molar-refractivity contribution in [3.8, 4) is 17.2 Å². The van der Waals surface area contributed by atoms with Crippen LogP contribution in [0.5, 0.6) is 17.2 Å². The zero-order chi connectivity index (χ0) is 24.2. The third-order valence-corrected chi connectivity index (χ3v) is 6.66. The van der Waals surface area contributed by atoms with Crippen LogP contribution in [0.15, 0.2) is 51.9 Å². The minimum absolute atomic E-state index is 0.149. The molecule has 1 atom stereocenters. The largest absolute Gasteiger partial charge is 0.493 e. The molecular weight excluding hydrogens is 458 g/mol. The van der Waals surface area contributed by atoms with Gasteiger partial charge in [0.05, 0.1) is 27.0 Å². The van der Waals surface area contributed by atoms with Gasteiger partial charge in [-0.2, -0.15) is 0 Å². The number of carbonyl (C=O) groups is 2. The molecule has 0 saturated heterocycles. The Morgan fingerprint density at radius 3 is 2.47 bits per heavy atom. The maximum atomic E-state index is 13.4. The van der Waals surface area contributed by atoms with Crippen molar-refractivity contribution >= 4 is 35.1 Å². The number of aryl methyl sites for hydroxylation is 1. The van der Waals surface area contributed by atoms with Crippen LogP contribution in [0.1, 0.15) is 23.0 Å². The maximum Gasteiger partial charge on any atom is 0.245 e. The van der Waals surface area contributed by atoms with Crippen molar-refractivity contribution in [1.82, 2.24) is 5.16 Å². The standard InChI is InChI=1S/C24H25N3O6S/c1-14-9-21(26-33-14)25-22(28)13-27-16-7-5-6-8-19(16)34-20(12-23(27)29)15-10-17(30-2)24(32-4)18(11-15)31-3/h5-11,20H,12-13H2,1-4H3,(H,25,26,28)/t20-/m0/s1. The molecule has 1 aliphatic heterocycles. The second-order valence-corrected chi connectivity index (χ2v) is 8.83. The van der Waals surface area contributed by atoms with Crippen LogP contribution in [0.3, 0.4) is 0 Å². The Morgan fingerprint density at radius 2 is 1.85 bits per heavy atom. The number of nitrogens with zero attached hydrogens (tertiary/aromatic N) is 2. The molecule has 9 nitrogen and oxygen atoms in total. The molecule has 1 N–H and O–H groups in total. The zero-order valence-corrected chi connectivity index (χ0v) is 20.1. The zero-order valence-electron chi connectivity index (χ0n) is 19.3. The Bertz CT molecular complexity index is 1190. The lowest BCUT2D eigenvalue weighted by atomic mass is 10.1. The van der Waals surface area contributed by atoms with Gasteiger partial charge in [0.2, 0.25) is 17.6 Å². The monoisotopic (exact) mass is 483 g/mol. The molecule has 1 aromatic heterocycles. The molecule has 0 aliphatic carbocycles. The van der Waals surface area contributed by atoms with Crippen molar-refractivity contribution in [2.75, 3.05) is 38.1 Å². The summed E-state index contributed by atoms with van der Waals surface area (Å²) < 4.78 is 21.4. The third kappa shape index (κ3) is 4.81. The van der Waals surface area contributed by atoms with E-state index in [1.54, 1.807) is 46.1 Å². The highest BCUT2D eigenvalue weighted by atomic mass is 32.2. The number of carbonyl (C=O) groups excluding carboxylic acids is 2. The number of para-hydroxylation sites is 1. The van der Waals surface area contributed by atoms with Gasteiger partial charge in [-0.15, -0.1) is 11.8 Å². The van der Waals surface area contributed by atoms with E-state index in [1.807, 2.05) is 36.4 Å². The van der Waals surface area contributed by atoms with Crippen LogP contribution in [-0.4, -0.2) is 44.8 Å². The number of aromatic nitrogens is 1. The van der Waals surface area contributed by atoms with Gasteiger partial charge in [0.15, 0.2) is 17.3 Å². The van der Waals surface area contributed by atoms with Crippen molar-refractivity contribution in [3.63, 3.8) is 0 Å². The van der Waals surface area contributed by atoms with Gasteiger partial charge in [-0.25, -0.2) is 0 Å². The molecule has 0 spiro atoms. The number of methoxy groups -OCH3 is 3. The Morgan fingerprint density at radius 1 is 1.15 bits per heavy atom. The molecule has 10 heteroatoms. The van der Waals surface area contributed by atoms with Crippen molar-refractivity contribution in [2.24, 2.45) is 0 Å². The fourth-order valence-electron chi connectivity index (χ4n) is 3.78. The van der Waals surface area contributed by atoms with E-state index in [4.69, 9.17) is 18.7 Å². The lowest BCUT2D eigenvalue weighted by molar-refractivity contribution is -0.121. The van der Waals surface area contributed by atoms with E-state index in [9.17, 15) is 9.59 Å². The van der Waals surface area contributed by atoms with Crippen LogP contribution >= 0.6 is 11.8 Å². The number of hydrogen-bond donors (Lipinski definition) is 1. The Kier molecular flexibility index (Phi) is 6.97. The summed E-state index contributed by atoms with van der Waals surface area (Å²) >= 11 is 1.55. The molecule has 0 saturated carbocycles. The van der Waals surface area contributed by atoms with Crippen molar-refractivity contribution in [2.45, 2.75) is 23.5 Å². The fourth-order valence-corrected chi connectivity index (χ4v) is 5.04. The molecule has 34 heavy (non-hydrogen) atoms. The summed E-state index contributed by atoms with van der Waals surface area (Å²) in [5.74, 6) is 1.86. The van der Waals surface area contributed by atoms with Gasteiger partial charge in [0.1, 0.15) is 12.3 Å². The highest BCUT2D eigenvalue weighted by molar-refractivity contribution is 7.99. The van der Waals surface area contributed by atoms with E-state index in [1.165, 1.54) is 4.90 Å². The van der Waals surface area contributed by atoms with E-state index >= 15 is 0 Å². The summed E-state index contributed by atoms with van der Waals surface area (Å²) in [5, 5.41) is 6.23. The van der Waals surface area contributed by atoms with E-state index in [0.717, 1.165) is 10.5 Å². The summed E-state index contributed by atoms with van der Waals surface area (Å²) in [7, 11) is 4.65. The summed E-state index contributed by atoms with van der Waals surface area (Å²) in [6, 6.07) is 12.9. The summed E-state index contributed by atoms with van der Waals surface area (Å²) in [6.07, 6.45) is 0.175. The summed E-state index contributed by atoms with van der Waals surface area (Å²) in [6.45, 7) is 1.59. The van der Waals surface area contributed by atoms with Crippen LogP contribution in [-0.2, 0) is 9.59 Å². The van der Waals surface area contributed by atoms with E-state index < -0.39 is 0 Å². The quantitative estimate of drug-likeness (QED) is 0.533. The van der Waals surface area contributed by atoms with Crippen LogP contribution < -0.4 is 24.4 Å². The molecule has 3 aromatic rings. The molecule has 0 bridgehead atoms. The van der Waals surface area contributed by atoms with Crippen molar-refractivity contribution < 1.29 is 28.3 Å². The first-order valence-electron chi connectivity index (χ1n) is 10.5. The minimum Gasteiger partial charge on any atom is -0.493 e. The van der Waals surface area contributed by atoms with Crippen LogP contribution in [0, 0.1) is 6.92 Å². The molecule has 4 rings (SSSR count). The van der Waals surface area contributed by atoms with E-state index in [-0.39, 0.29) is 30.0 Å². The Balaban J connectivity index is 1.64. The second-order valence-electron chi connectivity index (χ2n) is 7.59. The smallest absolute Gasteiger partial charge is 0.245 e. The predicted molar refractivity (Wildman–Crippen MR) is 128 cm³/mol. The third-order valence-electron chi connectivity index (χ3n) is 5.34. The molecule has 0 unspecified atom stereocenters. The van der Waals surface area contributed by atoms with Gasteiger partial charge in [-0.05, 0) is 36.8 Å². The minimum atomic E-state index is -0.368. The average Bonchev–Trinajstić information content (AvgIpc) is 3.19. The molecule has 2 heterocycles. The normalized spacial score (nSPS) is 15.4. The first-order chi connectivity index (χ1) is 16.4. The number of thioether (sulfide) groups is 1. The maximum absolute atomic E-state index is 13.4. The highest BCUT2D eigenvalue weighted by Gasteiger charge is 2.31. The van der Waals surface area contributed by atoms with Crippen LogP contribution in [0.4, 0.5) is 11.5 Å². The van der Waals surface area contributed by atoms with Gasteiger partial charge in [0.25, 0.3) is 0 Å². The number of amides is 2. The lowest BCUT2D eigenvalue weighted by Gasteiger charge is -2.22. The first-order valence-corrected chi connectivity index (χ1v) is 11.4. The van der Waals surface area contributed by atoms with Gasteiger partial charge in [0, 0.05) is 22.6 Å². The molecular formula is C24H25N3O6S. The number of benzene rings is 2. The molecule has 0 fully saturated rings. The predicted octanol–water partition coefficient (Wildman–Crippen LogP) is 4.22. The van der Waals surface area contributed by atoms with Gasteiger partial charge in [-0.1, -0.05) is 17.3 Å². The van der Waals surface area contributed by atoms with E-state index in [0.29, 0.717) is 34.5 Å².